The van der Waals surface area contributed by atoms with E-state index in [9.17, 15) is 23.1 Å². The minimum atomic E-state index is -3.87. The second kappa shape index (κ2) is 10.8. The molecule has 2 aromatic carbocycles. The van der Waals surface area contributed by atoms with E-state index >= 15 is 4.39 Å². The van der Waals surface area contributed by atoms with Crippen molar-refractivity contribution in [2.45, 2.75) is 62.8 Å². The molecule has 198 valence electrons. The molecule has 8 nitrogen and oxygen atoms in total. The number of unbranched alkanes of at least 4 members (excludes halogenated alkanes) is 4. The van der Waals surface area contributed by atoms with Crippen LogP contribution in [-0.4, -0.2) is 30.6 Å². The Bertz CT molecular complexity index is 1530. The van der Waals surface area contributed by atoms with Crippen LogP contribution in [0.15, 0.2) is 40.2 Å². The molecule has 3 aromatic rings. The fourth-order valence-corrected chi connectivity index (χ4v) is 6.04. The summed E-state index contributed by atoms with van der Waals surface area (Å²) < 4.78 is 45.0. The van der Waals surface area contributed by atoms with Gasteiger partial charge in [-0.25, -0.2) is 22.3 Å². The Hall–Kier alpha value is -2.95. The third kappa shape index (κ3) is 5.51. The number of carbonyl (C=O) groups is 1. The molecule has 11 heteroatoms. The number of aromatic carboxylic acids is 1. The molecule has 1 fully saturated rings. The lowest BCUT2D eigenvalue weighted by atomic mass is 10.0. The number of hydrogen-bond donors (Lipinski definition) is 3. The van der Waals surface area contributed by atoms with Crippen molar-refractivity contribution >= 4 is 44.2 Å². The van der Waals surface area contributed by atoms with Crippen LogP contribution in [0.4, 0.5) is 10.1 Å². The van der Waals surface area contributed by atoms with Gasteiger partial charge in [0.05, 0.1) is 21.6 Å². The van der Waals surface area contributed by atoms with E-state index in [1.807, 2.05) is 0 Å². The van der Waals surface area contributed by atoms with Crippen molar-refractivity contribution < 1.29 is 22.7 Å². The van der Waals surface area contributed by atoms with Gasteiger partial charge in [0, 0.05) is 24.3 Å². The number of hydrogen-bond acceptors (Lipinski definition) is 5. The molecule has 4 rings (SSSR count). The van der Waals surface area contributed by atoms with Crippen LogP contribution in [0.3, 0.4) is 0 Å². The Kier molecular flexibility index (Phi) is 7.91. The van der Waals surface area contributed by atoms with Gasteiger partial charge in [-0.15, -0.1) is 0 Å². The molecular weight excluding hydrogens is 521 g/mol. The molecule has 0 saturated heterocycles. The summed E-state index contributed by atoms with van der Waals surface area (Å²) in [6.45, 7) is 2.39. The standard InChI is InChI=1S/C26H29ClFN3O5S/c1-2-3-4-5-6-11-30-37(35,36)21-10-7-15(12-20(21)29)22-19(28)13-17-24(23(22)27)31(16-8-9-16)14-18(25(17)32)26(33)34/h7,10,12-14,16,30H,2-6,8-9,11,29H2,1H3,(H,33,34). The SMILES string of the molecule is CCCCCCCNS(=O)(=O)c1ccc(-c2c(F)cc3c(=O)c(C(=O)O)cn(C4CC4)c3c2Cl)cc1N. The van der Waals surface area contributed by atoms with Crippen LogP contribution in [0.2, 0.25) is 5.02 Å². The van der Waals surface area contributed by atoms with Crippen LogP contribution in [0.1, 0.15) is 68.3 Å². The monoisotopic (exact) mass is 549 g/mol. The average molecular weight is 550 g/mol. The predicted octanol–water partition coefficient (Wildman–Crippen LogP) is 5.33. The van der Waals surface area contributed by atoms with E-state index in [-0.39, 0.29) is 50.2 Å². The van der Waals surface area contributed by atoms with Gasteiger partial charge < -0.3 is 15.4 Å². The van der Waals surface area contributed by atoms with Crippen molar-refractivity contribution in [3.8, 4) is 11.1 Å². The van der Waals surface area contributed by atoms with Gasteiger partial charge in [-0.05, 0) is 43.0 Å². The first-order chi connectivity index (χ1) is 17.6. The number of halogens is 2. The molecule has 0 atom stereocenters. The van der Waals surface area contributed by atoms with E-state index in [2.05, 4.69) is 11.6 Å². The lowest BCUT2D eigenvalue weighted by molar-refractivity contribution is 0.0694. The lowest BCUT2D eigenvalue weighted by Crippen LogP contribution is -2.25. The van der Waals surface area contributed by atoms with Crippen molar-refractivity contribution in [2.24, 2.45) is 0 Å². The van der Waals surface area contributed by atoms with Crippen molar-refractivity contribution in [2.75, 3.05) is 12.3 Å². The fourth-order valence-electron chi connectivity index (χ4n) is 4.46. The first kappa shape index (κ1) is 27.1. The van der Waals surface area contributed by atoms with Crippen LogP contribution in [-0.2, 0) is 10.0 Å². The van der Waals surface area contributed by atoms with E-state index < -0.39 is 32.8 Å². The molecule has 0 aliphatic heterocycles. The molecule has 0 spiro atoms. The molecule has 1 aliphatic rings. The summed E-state index contributed by atoms with van der Waals surface area (Å²) in [6, 6.07) is 4.96. The second-order valence-corrected chi connectivity index (χ2v) is 11.4. The maximum atomic E-state index is 15.3. The highest BCUT2D eigenvalue weighted by Crippen LogP contribution is 2.42. The molecule has 4 N–H and O–H groups in total. The lowest BCUT2D eigenvalue weighted by Gasteiger charge is -2.17. The Morgan fingerprint density at radius 3 is 2.54 bits per heavy atom. The van der Waals surface area contributed by atoms with E-state index in [1.165, 1.54) is 24.4 Å². The molecule has 37 heavy (non-hydrogen) atoms. The van der Waals surface area contributed by atoms with E-state index in [1.54, 1.807) is 4.57 Å². The summed E-state index contributed by atoms with van der Waals surface area (Å²) in [5.41, 5.74) is 5.14. The van der Waals surface area contributed by atoms with Crippen LogP contribution < -0.4 is 15.9 Å². The Labute approximate surface area is 219 Å². The van der Waals surface area contributed by atoms with Crippen molar-refractivity contribution in [1.29, 1.82) is 0 Å². The van der Waals surface area contributed by atoms with Crippen LogP contribution in [0.25, 0.3) is 22.0 Å². The highest BCUT2D eigenvalue weighted by molar-refractivity contribution is 7.89. The van der Waals surface area contributed by atoms with Crippen molar-refractivity contribution in [3.05, 3.63) is 57.1 Å². The number of fused-ring (bicyclic) bond motifs is 1. The highest BCUT2D eigenvalue weighted by atomic mass is 35.5. The topological polar surface area (TPSA) is 131 Å². The fraction of sp³-hybridized carbons (Fsp3) is 0.385. The first-order valence-corrected chi connectivity index (χ1v) is 14.1. The van der Waals surface area contributed by atoms with E-state index in [0.29, 0.717) is 6.42 Å². The van der Waals surface area contributed by atoms with Gasteiger partial charge in [-0.1, -0.05) is 50.3 Å². The second-order valence-electron chi connectivity index (χ2n) is 9.32. The molecule has 1 heterocycles. The number of benzene rings is 2. The Morgan fingerprint density at radius 1 is 1.22 bits per heavy atom. The van der Waals surface area contributed by atoms with E-state index in [0.717, 1.165) is 44.6 Å². The third-order valence-corrected chi connectivity index (χ3v) is 8.44. The Balaban J connectivity index is 1.72. The molecular formula is C26H29ClFN3O5S. The van der Waals surface area contributed by atoms with Gasteiger partial charge in [0.1, 0.15) is 16.3 Å². The zero-order valence-corrected chi connectivity index (χ0v) is 22.0. The van der Waals surface area contributed by atoms with Gasteiger partial charge >= 0.3 is 5.97 Å². The number of nitrogens with two attached hydrogens (primary N) is 1. The molecule has 1 aromatic heterocycles. The number of nitrogen functional groups attached to an aromatic ring is 1. The molecule has 0 radical (unpaired) electrons. The zero-order chi connectivity index (χ0) is 26.9. The first-order valence-electron chi connectivity index (χ1n) is 12.3. The Morgan fingerprint density at radius 2 is 1.92 bits per heavy atom. The number of anilines is 1. The predicted molar refractivity (Wildman–Crippen MR) is 142 cm³/mol. The largest absolute Gasteiger partial charge is 0.477 e. The summed E-state index contributed by atoms with van der Waals surface area (Å²) >= 11 is 6.65. The zero-order valence-electron chi connectivity index (χ0n) is 20.4. The van der Waals surface area contributed by atoms with Crippen LogP contribution >= 0.6 is 11.6 Å². The summed E-state index contributed by atoms with van der Waals surface area (Å²) in [4.78, 5) is 24.2. The maximum Gasteiger partial charge on any atom is 0.341 e. The van der Waals surface area contributed by atoms with Crippen molar-refractivity contribution in [1.82, 2.24) is 9.29 Å². The number of nitrogens with one attached hydrogen (secondary N) is 1. The third-order valence-electron chi connectivity index (χ3n) is 6.54. The number of aromatic nitrogens is 1. The minimum Gasteiger partial charge on any atom is -0.477 e. The number of carboxylic acids is 1. The summed E-state index contributed by atoms with van der Waals surface area (Å²) in [5.74, 6) is -2.25. The quantitative estimate of drug-likeness (QED) is 0.219. The minimum absolute atomic E-state index is 0.0504. The van der Waals surface area contributed by atoms with Gasteiger partial charge in [0.25, 0.3) is 0 Å². The number of nitrogens with zero attached hydrogens (tertiary/aromatic N) is 1. The number of carboxylic acid groups (broad SMARTS) is 1. The van der Waals surface area contributed by atoms with E-state index in [4.69, 9.17) is 17.3 Å². The van der Waals surface area contributed by atoms with Gasteiger partial charge in [-0.3, -0.25) is 4.79 Å². The summed E-state index contributed by atoms with van der Waals surface area (Å²) in [5, 5.41) is 9.24. The molecule has 1 saturated carbocycles. The molecule has 1 aliphatic carbocycles. The van der Waals surface area contributed by atoms with Crippen LogP contribution in [0, 0.1) is 5.82 Å². The summed E-state index contributed by atoms with van der Waals surface area (Å²) in [6.07, 6.45) is 7.66. The van der Waals surface area contributed by atoms with Crippen LogP contribution in [0.5, 0.6) is 0 Å². The number of sulfonamides is 1. The summed E-state index contributed by atoms with van der Waals surface area (Å²) in [7, 11) is -3.87. The van der Waals surface area contributed by atoms with Gasteiger partial charge in [-0.2, -0.15) is 0 Å². The average Bonchev–Trinajstić information content (AvgIpc) is 3.67. The van der Waals surface area contributed by atoms with Gasteiger partial charge in [0.15, 0.2) is 0 Å². The highest BCUT2D eigenvalue weighted by Gasteiger charge is 2.30. The van der Waals surface area contributed by atoms with Crippen molar-refractivity contribution in [3.63, 3.8) is 0 Å². The van der Waals surface area contributed by atoms with Gasteiger partial charge in [0.2, 0.25) is 15.5 Å². The normalized spacial score (nSPS) is 13.8. The smallest absolute Gasteiger partial charge is 0.341 e. The molecule has 0 unspecified atom stereocenters. The number of rotatable bonds is 11. The molecule has 0 bridgehead atoms. The number of pyridine rings is 1. The molecule has 0 amide bonds. The maximum absolute atomic E-state index is 15.3.